The number of piperazine rings is 1. The van der Waals surface area contributed by atoms with Crippen molar-refractivity contribution in [1.29, 1.82) is 0 Å². The lowest BCUT2D eigenvalue weighted by Gasteiger charge is -2.44. The van der Waals surface area contributed by atoms with E-state index < -0.39 is 24.3 Å². The van der Waals surface area contributed by atoms with E-state index >= 15 is 0 Å². The predicted molar refractivity (Wildman–Crippen MR) is 130 cm³/mol. The lowest BCUT2D eigenvalue weighted by atomic mass is 9.73. The number of piperidine rings is 1. The van der Waals surface area contributed by atoms with E-state index in [9.17, 15) is 22.8 Å². The average molecular weight is 541 g/mol. The summed E-state index contributed by atoms with van der Waals surface area (Å²) in [5.74, 6) is -2.45. The number of carbonyl (C=O) groups excluding carboxylic acids is 2. The Kier molecular flexibility index (Phi) is 8.20. The number of likely N-dealkylation sites (tertiary alicyclic amines) is 1. The van der Waals surface area contributed by atoms with Gasteiger partial charge in [0.15, 0.2) is 0 Å². The van der Waals surface area contributed by atoms with Crippen LogP contribution in [0.15, 0.2) is 42.9 Å². The molecule has 2 aliphatic rings. The third-order valence-electron chi connectivity index (χ3n) is 7.06. The van der Waals surface area contributed by atoms with E-state index in [2.05, 4.69) is 9.97 Å². The highest BCUT2D eigenvalue weighted by molar-refractivity contribution is 6.30. The second kappa shape index (κ2) is 11.2. The first-order valence-electron chi connectivity index (χ1n) is 11.9. The van der Waals surface area contributed by atoms with Crippen molar-refractivity contribution in [3.05, 3.63) is 53.4 Å². The quantitative estimate of drug-likeness (QED) is 0.556. The van der Waals surface area contributed by atoms with Gasteiger partial charge in [0.2, 0.25) is 6.23 Å². The van der Waals surface area contributed by atoms with Crippen LogP contribution in [-0.4, -0.2) is 89.9 Å². The molecule has 3 heterocycles. The molecule has 0 aliphatic carbocycles. The first-order valence-corrected chi connectivity index (χ1v) is 12.3. The Balaban J connectivity index is 1.46. The van der Waals surface area contributed by atoms with E-state index in [0.29, 0.717) is 43.3 Å². The van der Waals surface area contributed by atoms with Crippen molar-refractivity contribution in [3.8, 4) is 0 Å². The highest BCUT2D eigenvalue weighted by Crippen LogP contribution is 2.36. The molecule has 2 aliphatic heterocycles. The summed E-state index contributed by atoms with van der Waals surface area (Å²) in [6.45, 7) is 2.01. The lowest BCUT2D eigenvalue weighted by molar-refractivity contribution is -0.215. The zero-order valence-corrected chi connectivity index (χ0v) is 20.8. The van der Waals surface area contributed by atoms with Crippen LogP contribution >= 0.6 is 11.6 Å². The fourth-order valence-electron chi connectivity index (χ4n) is 4.81. The standard InChI is InChI=1S/C24H28ClF3N6O3/c25-18-3-1-17(2-4-18)23(16-29)5-9-33(10-6-23)20(35)21(37-22(36)24(26,27)28)34-13-11-32(12-14-34)19-15-30-7-8-31-19/h1-4,7-8,15,21H,5-6,9-14,16,29H2. The number of benzene rings is 1. The number of aromatic nitrogens is 2. The Morgan fingerprint density at radius 2 is 1.70 bits per heavy atom. The molecule has 13 heteroatoms. The molecule has 0 bridgehead atoms. The van der Waals surface area contributed by atoms with E-state index in [0.717, 1.165) is 5.56 Å². The van der Waals surface area contributed by atoms with Crippen LogP contribution in [0.25, 0.3) is 0 Å². The van der Waals surface area contributed by atoms with Crippen LogP contribution < -0.4 is 10.6 Å². The molecule has 37 heavy (non-hydrogen) atoms. The third-order valence-corrected chi connectivity index (χ3v) is 7.31. The maximum Gasteiger partial charge on any atom is 0.490 e. The molecule has 200 valence electrons. The van der Waals surface area contributed by atoms with Crippen LogP contribution in [0, 0.1) is 0 Å². The number of anilines is 1. The molecule has 1 aromatic carbocycles. The van der Waals surface area contributed by atoms with Crippen LogP contribution in [-0.2, 0) is 19.7 Å². The molecule has 1 unspecified atom stereocenters. The molecule has 0 radical (unpaired) electrons. The minimum atomic E-state index is -5.22. The average Bonchev–Trinajstić information content (AvgIpc) is 2.92. The van der Waals surface area contributed by atoms with Gasteiger partial charge >= 0.3 is 12.1 Å². The summed E-state index contributed by atoms with van der Waals surface area (Å²) < 4.78 is 44.0. The largest absolute Gasteiger partial charge is 0.490 e. The van der Waals surface area contributed by atoms with Gasteiger partial charge in [-0.25, -0.2) is 9.78 Å². The second-order valence-electron chi connectivity index (χ2n) is 9.16. The number of ether oxygens (including phenoxy) is 1. The van der Waals surface area contributed by atoms with Crippen LogP contribution in [0.5, 0.6) is 0 Å². The molecule has 1 aromatic heterocycles. The van der Waals surface area contributed by atoms with Gasteiger partial charge in [-0.05, 0) is 30.5 Å². The van der Waals surface area contributed by atoms with Crippen molar-refractivity contribution in [2.75, 3.05) is 50.7 Å². The van der Waals surface area contributed by atoms with Gasteiger partial charge in [-0.3, -0.25) is 14.7 Å². The Morgan fingerprint density at radius 1 is 1.05 bits per heavy atom. The molecule has 1 amide bonds. The van der Waals surface area contributed by atoms with E-state index in [1.165, 1.54) is 16.0 Å². The van der Waals surface area contributed by atoms with E-state index in [-0.39, 0.29) is 31.6 Å². The smallest absolute Gasteiger partial charge is 0.430 e. The summed E-state index contributed by atoms with van der Waals surface area (Å²) in [6, 6.07) is 7.35. The number of nitrogens with two attached hydrogens (primary N) is 1. The van der Waals surface area contributed by atoms with Crippen LogP contribution in [0.2, 0.25) is 5.02 Å². The van der Waals surface area contributed by atoms with Crippen molar-refractivity contribution in [3.63, 3.8) is 0 Å². The number of nitrogens with zero attached hydrogens (tertiary/aromatic N) is 5. The Morgan fingerprint density at radius 3 is 2.24 bits per heavy atom. The van der Waals surface area contributed by atoms with E-state index in [4.69, 9.17) is 22.1 Å². The molecule has 4 rings (SSSR count). The first-order chi connectivity index (χ1) is 17.6. The molecule has 2 fully saturated rings. The van der Waals surface area contributed by atoms with Crippen LogP contribution in [0.4, 0.5) is 19.0 Å². The third kappa shape index (κ3) is 6.13. The first kappa shape index (κ1) is 27.1. The number of alkyl halides is 3. The topological polar surface area (TPSA) is 105 Å². The molecular formula is C24H28ClF3N6O3. The molecule has 1 atom stereocenters. The highest BCUT2D eigenvalue weighted by Gasteiger charge is 2.47. The van der Waals surface area contributed by atoms with Gasteiger partial charge in [0.1, 0.15) is 5.82 Å². The minimum Gasteiger partial charge on any atom is -0.430 e. The number of rotatable bonds is 6. The Labute approximate surface area is 217 Å². The molecule has 9 nitrogen and oxygen atoms in total. The number of hydrogen-bond acceptors (Lipinski definition) is 8. The number of carbonyl (C=O) groups is 2. The molecule has 0 spiro atoms. The lowest BCUT2D eigenvalue weighted by Crippen LogP contribution is -2.59. The zero-order chi connectivity index (χ0) is 26.6. The Bertz CT molecular complexity index is 1070. The fourth-order valence-corrected chi connectivity index (χ4v) is 4.94. The summed E-state index contributed by atoms with van der Waals surface area (Å²) in [7, 11) is 0. The van der Waals surface area contributed by atoms with Crippen molar-refractivity contribution in [2.24, 2.45) is 5.73 Å². The minimum absolute atomic E-state index is 0.198. The second-order valence-corrected chi connectivity index (χ2v) is 9.60. The highest BCUT2D eigenvalue weighted by atomic mass is 35.5. The molecule has 2 N–H and O–H groups in total. The van der Waals surface area contributed by atoms with Gasteiger partial charge in [0, 0.05) is 68.6 Å². The monoisotopic (exact) mass is 540 g/mol. The SMILES string of the molecule is NCC1(c2ccc(Cl)cc2)CCN(C(=O)C(OC(=O)C(F)(F)F)N2CCN(c3cnccn3)CC2)CC1. The number of amides is 1. The van der Waals surface area contributed by atoms with Crippen LogP contribution in [0.3, 0.4) is 0 Å². The van der Waals surface area contributed by atoms with Crippen molar-refractivity contribution in [2.45, 2.75) is 30.7 Å². The summed E-state index contributed by atoms with van der Waals surface area (Å²) in [4.78, 5) is 38.3. The van der Waals surface area contributed by atoms with E-state index in [1.54, 1.807) is 24.5 Å². The summed E-state index contributed by atoms with van der Waals surface area (Å²) in [6.07, 6.45) is -1.21. The van der Waals surface area contributed by atoms with E-state index in [1.807, 2.05) is 17.0 Å². The van der Waals surface area contributed by atoms with Crippen molar-refractivity contribution >= 4 is 29.3 Å². The maximum absolute atomic E-state index is 13.4. The number of hydrogen-bond donors (Lipinski definition) is 1. The molecule has 2 saturated heterocycles. The summed E-state index contributed by atoms with van der Waals surface area (Å²) >= 11 is 6.01. The zero-order valence-electron chi connectivity index (χ0n) is 20.0. The van der Waals surface area contributed by atoms with Crippen LogP contribution in [0.1, 0.15) is 18.4 Å². The van der Waals surface area contributed by atoms with Gasteiger partial charge in [-0.2, -0.15) is 13.2 Å². The summed E-state index contributed by atoms with van der Waals surface area (Å²) in [5.41, 5.74) is 6.73. The molecular weight excluding hydrogens is 513 g/mol. The summed E-state index contributed by atoms with van der Waals surface area (Å²) in [5, 5.41) is 0.595. The van der Waals surface area contributed by atoms with Gasteiger partial charge in [-0.1, -0.05) is 23.7 Å². The van der Waals surface area contributed by atoms with Crippen molar-refractivity contribution in [1.82, 2.24) is 19.8 Å². The molecule has 0 saturated carbocycles. The number of esters is 1. The fraction of sp³-hybridized carbons (Fsp3) is 0.500. The van der Waals surface area contributed by atoms with Gasteiger partial charge in [0.05, 0.1) is 6.20 Å². The van der Waals surface area contributed by atoms with Gasteiger partial charge in [0.25, 0.3) is 5.91 Å². The Hall–Kier alpha value is -2.96. The maximum atomic E-state index is 13.4. The molecule has 2 aromatic rings. The van der Waals surface area contributed by atoms with Gasteiger partial charge in [-0.15, -0.1) is 0 Å². The van der Waals surface area contributed by atoms with Gasteiger partial charge < -0.3 is 20.3 Å². The normalized spacial score (nSPS) is 19.4. The van der Waals surface area contributed by atoms with Crippen molar-refractivity contribution < 1.29 is 27.5 Å². The number of halogens is 4. The predicted octanol–water partition coefficient (Wildman–Crippen LogP) is 2.20.